The summed E-state index contributed by atoms with van der Waals surface area (Å²) in [5.74, 6) is 0. The van der Waals surface area contributed by atoms with Crippen LogP contribution in [0.2, 0.25) is 0 Å². The van der Waals surface area contributed by atoms with E-state index in [1.54, 1.807) is 7.11 Å². The molecule has 0 amide bonds. The van der Waals surface area contributed by atoms with Gasteiger partial charge in [-0.3, -0.25) is 4.84 Å². The Morgan fingerprint density at radius 1 is 1.31 bits per heavy atom. The lowest BCUT2D eigenvalue weighted by Crippen LogP contribution is -2.30. The van der Waals surface area contributed by atoms with E-state index in [1.807, 2.05) is 0 Å². The van der Waals surface area contributed by atoms with Crippen molar-refractivity contribution in [2.24, 2.45) is 0 Å². The fraction of sp³-hybridized carbons (Fsp3) is 1.00. The van der Waals surface area contributed by atoms with Gasteiger partial charge in [0.1, 0.15) is 0 Å². The summed E-state index contributed by atoms with van der Waals surface area (Å²) in [4.78, 5) is 5.24. The van der Waals surface area contributed by atoms with Gasteiger partial charge in [0, 0.05) is 26.4 Å². The number of rotatable bonds is 5. The molecule has 1 heterocycles. The number of ether oxygens (including phenoxy) is 2. The van der Waals surface area contributed by atoms with E-state index in [-0.39, 0.29) is 0 Å². The molecule has 1 aliphatic rings. The van der Waals surface area contributed by atoms with E-state index in [4.69, 9.17) is 14.3 Å². The molecule has 0 aliphatic carbocycles. The van der Waals surface area contributed by atoms with Gasteiger partial charge in [0.05, 0.1) is 13.2 Å². The minimum absolute atomic E-state index is 0.444. The van der Waals surface area contributed by atoms with Crippen LogP contribution in [0.3, 0.4) is 0 Å². The first-order chi connectivity index (χ1) is 6.43. The molecule has 1 unspecified atom stereocenters. The standard InChI is InChI=1S/C9H19NO3/c1-11-7-8-13-10-9-3-2-5-12-6-4-9/h9-10H,2-8H2,1H3. The van der Waals surface area contributed by atoms with Gasteiger partial charge >= 0.3 is 0 Å². The molecule has 0 aromatic heterocycles. The largest absolute Gasteiger partial charge is 0.382 e. The minimum atomic E-state index is 0.444. The summed E-state index contributed by atoms with van der Waals surface area (Å²) in [7, 11) is 1.67. The van der Waals surface area contributed by atoms with Gasteiger partial charge in [0.2, 0.25) is 0 Å². The van der Waals surface area contributed by atoms with Crippen LogP contribution in [0.5, 0.6) is 0 Å². The average Bonchev–Trinajstić information content (AvgIpc) is 2.41. The highest BCUT2D eigenvalue weighted by Gasteiger charge is 2.11. The van der Waals surface area contributed by atoms with Crippen LogP contribution in [0.25, 0.3) is 0 Å². The van der Waals surface area contributed by atoms with Crippen molar-refractivity contribution in [1.29, 1.82) is 0 Å². The molecule has 1 N–H and O–H groups in total. The summed E-state index contributed by atoms with van der Waals surface area (Å²) in [6.45, 7) is 2.96. The topological polar surface area (TPSA) is 39.7 Å². The lowest BCUT2D eigenvalue weighted by Gasteiger charge is -2.14. The molecule has 4 heteroatoms. The van der Waals surface area contributed by atoms with Crippen molar-refractivity contribution >= 4 is 0 Å². The fourth-order valence-corrected chi connectivity index (χ4v) is 1.32. The molecule has 4 nitrogen and oxygen atoms in total. The number of hydrogen-bond acceptors (Lipinski definition) is 4. The van der Waals surface area contributed by atoms with Crippen molar-refractivity contribution in [2.45, 2.75) is 25.3 Å². The van der Waals surface area contributed by atoms with Crippen LogP contribution in [0.1, 0.15) is 19.3 Å². The smallest absolute Gasteiger partial charge is 0.0915 e. The van der Waals surface area contributed by atoms with Gasteiger partial charge in [-0.25, -0.2) is 0 Å². The summed E-state index contributed by atoms with van der Waals surface area (Å²) < 4.78 is 10.2. The number of hydrogen-bond donors (Lipinski definition) is 1. The van der Waals surface area contributed by atoms with Crippen molar-refractivity contribution in [3.63, 3.8) is 0 Å². The van der Waals surface area contributed by atoms with Crippen molar-refractivity contribution in [2.75, 3.05) is 33.5 Å². The molecule has 1 rings (SSSR count). The third kappa shape index (κ3) is 5.21. The van der Waals surface area contributed by atoms with Crippen LogP contribution in [0.4, 0.5) is 0 Å². The highest BCUT2D eigenvalue weighted by atomic mass is 16.7. The van der Waals surface area contributed by atoms with Gasteiger partial charge in [0.15, 0.2) is 0 Å². The molecule has 0 saturated carbocycles. The van der Waals surface area contributed by atoms with E-state index >= 15 is 0 Å². The molecule has 1 atom stereocenters. The summed E-state index contributed by atoms with van der Waals surface area (Å²) >= 11 is 0. The Morgan fingerprint density at radius 3 is 3.08 bits per heavy atom. The summed E-state index contributed by atoms with van der Waals surface area (Å²) in [5.41, 5.74) is 3.04. The molecule has 1 aliphatic heterocycles. The van der Waals surface area contributed by atoms with Crippen molar-refractivity contribution < 1.29 is 14.3 Å². The van der Waals surface area contributed by atoms with Crippen molar-refractivity contribution in [3.05, 3.63) is 0 Å². The van der Waals surface area contributed by atoms with Gasteiger partial charge in [-0.2, -0.15) is 5.48 Å². The van der Waals surface area contributed by atoms with Crippen LogP contribution >= 0.6 is 0 Å². The lowest BCUT2D eigenvalue weighted by molar-refractivity contribution is -0.0152. The molecule has 0 aromatic rings. The molecule has 1 fully saturated rings. The van der Waals surface area contributed by atoms with E-state index in [9.17, 15) is 0 Å². The maximum Gasteiger partial charge on any atom is 0.0915 e. The van der Waals surface area contributed by atoms with Crippen LogP contribution in [0, 0.1) is 0 Å². The second-order valence-corrected chi connectivity index (χ2v) is 3.20. The molecule has 78 valence electrons. The molecule has 0 aromatic carbocycles. The molecule has 13 heavy (non-hydrogen) atoms. The second-order valence-electron chi connectivity index (χ2n) is 3.20. The Morgan fingerprint density at radius 2 is 2.23 bits per heavy atom. The Balaban J connectivity index is 1.98. The molecule has 1 saturated heterocycles. The van der Waals surface area contributed by atoms with E-state index in [0.29, 0.717) is 19.3 Å². The minimum Gasteiger partial charge on any atom is -0.382 e. The third-order valence-corrected chi connectivity index (χ3v) is 2.09. The third-order valence-electron chi connectivity index (χ3n) is 2.09. The van der Waals surface area contributed by atoms with E-state index in [2.05, 4.69) is 5.48 Å². The average molecular weight is 189 g/mol. The predicted molar refractivity (Wildman–Crippen MR) is 49.4 cm³/mol. The van der Waals surface area contributed by atoms with Crippen LogP contribution in [-0.4, -0.2) is 39.6 Å². The fourth-order valence-electron chi connectivity index (χ4n) is 1.32. The number of methoxy groups -OCH3 is 1. The molecule has 0 spiro atoms. The highest BCUT2D eigenvalue weighted by molar-refractivity contribution is 4.64. The Kier molecular flexibility index (Phi) is 6.10. The Hall–Kier alpha value is -0.160. The zero-order valence-electron chi connectivity index (χ0n) is 8.25. The highest BCUT2D eigenvalue weighted by Crippen LogP contribution is 2.07. The Bertz CT molecular complexity index is 113. The van der Waals surface area contributed by atoms with Crippen LogP contribution in [-0.2, 0) is 14.3 Å². The van der Waals surface area contributed by atoms with E-state index in [1.165, 1.54) is 0 Å². The number of nitrogens with one attached hydrogen (secondary N) is 1. The monoisotopic (exact) mass is 189 g/mol. The second kappa shape index (κ2) is 7.26. The Labute approximate surface area is 79.5 Å². The van der Waals surface area contributed by atoms with Crippen molar-refractivity contribution in [1.82, 2.24) is 5.48 Å². The number of hydroxylamine groups is 1. The van der Waals surface area contributed by atoms with Gasteiger partial charge < -0.3 is 9.47 Å². The normalized spacial score (nSPS) is 24.2. The summed E-state index contributed by atoms with van der Waals surface area (Å²) in [6.07, 6.45) is 3.28. The van der Waals surface area contributed by atoms with Gasteiger partial charge in [0.25, 0.3) is 0 Å². The first-order valence-electron chi connectivity index (χ1n) is 4.87. The molecular formula is C9H19NO3. The zero-order valence-corrected chi connectivity index (χ0v) is 8.25. The summed E-state index contributed by atoms with van der Waals surface area (Å²) in [6, 6.07) is 0.444. The van der Waals surface area contributed by atoms with E-state index in [0.717, 1.165) is 32.5 Å². The van der Waals surface area contributed by atoms with Crippen LogP contribution in [0.15, 0.2) is 0 Å². The first kappa shape index (κ1) is 10.9. The van der Waals surface area contributed by atoms with Gasteiger partial charge in [-0.05, 0) is 19.3 Å². The predicted octanol–water partition coefficient (Wildman–Crippen LogP) is 0.723. The zero-order chi connectivity index (χ0) is 9.36. The van der Waals surface area contributed by atoms with Gasteiger partial charge in [-0.1, -0.05) is 0 Å². The first-order valence-corrected chi connectivity index (χ1v) is 4.87. The maximum atomic E-state index is 5.33. The lowest BCUT2D eigenvalue weighted by atomic mass is 10.1. The van der Waals surface area contributed by atoms with Crippen molar-refractivity contribution in [3.8, 4) is 0 Å². The SMILES string of the molecule is COCCONC1CCCOCC1. The molecule has 0 bridgehead atoms. The summed E-state index contributed by atoms with van der Waals surface area (Å²) in [5, 5.41) is 0. The molecule has 0 radical (unpaired) electrons. The van der Waals surface area contributed by atoms with Gasteiger partial charge in [-0.15, -0.1) is 0 Å². The van der Waals surface area contributed by atoms with Crippen LogP contribution < -0.4 is 5.48 Å². The van der Waals surface area contributed by atoms with E-state index < -0.39 is 0 Å². The quantitative estimate of drug-likeness (QED) is 0.511. The molecular weight excluding hydrogens is 170 g/mol. The maximum absolute atomic E-state index is 5.33.